The highest BCUT2D eigenvalue weighted by Crippen LogP contribution is 2.25. The van der Waals surface area contributed by atoms with E-state index in [9.17, 15) is 4.79 Å². The van der Waals surface area contributed by atoms with Crippen LogP contribution in [-0.4, -0.2) is 48.2 Å². The highest BCUT2D eigenvalue weighted by atomic mass is 32.2. The normalized spacial score (nSPS) is 15.9. The van der Waals surface area contributed by atoms with Crippen LogP contribution in [0.25, 0.3) is 0 Å². The lowest BCUT2D eigenvalue weighted by molar-refractivity contribution is -0.119. The van der Waals surface area contributed by atoms with Crippen LogP contribution >= 0.6 is 23.1 Å². The Morgan fingerprint density at radius 1 is 1.38 bits per heavy atom. The average molecular weight is 330 g/mol. The minimum absolute atomic E-state index is 0.0935. The second kappa shape index (κ2) is 9.22. The van der Waals surface area contributed by atoms with Crippen molar-refractivity contribution in [2.45, 2.75) is 42.5 Å². The molecule has 1 fully saturated rings. The Bertz CT molecular complexity index is 436. The van der Waals surface area contributed by atoms with Gasteiger partial charge in [-0.25, -0.2) is 0 Å². The number of thioether (sulfide) groups is 1. The number of aromatic nitrogens is 2. The molecule has 0 atom stereocenters. The van der Waals surface area contributed by atoms with E-state index in [2.05, 4.69) is 20.8 Å². The molecule has 2 rings (SSSR count). The van der Waals surface area contributed by atoms with Crippen LogP contribution in [0.5, 0.6) is 0 Å². The molecule has 2 N–H and O–H groups in total. The van der Waals surface area contributed by atoms with Gasteiger partial charge in [0.25, 0.3) is 0 Å². The van der Waals surface area contributed by atoms with E-state index in [-0.39, 0.29) is 5.91 Å². The largest absolute Gasteiger partial charge is 0.383 e. The van der Waals surface area contributed by atoms with E-state index in [0.717, 1.165) is 22.3 Å². The zero-order valence-corrected chi connectivity index (χ0v) is 13.9. The molecule has 1 aliphatic carbocycles. The summed E-state index contributed by atoms with van der Waals surface area (Å²) in [5.41, 5.74) is 0. The van der Waals surface area contributed by atoms with Crippen LogP contribution in [0.4, 0.5) is 5.13 Å². The van der Waals surface area contributed by atoms with Crippen molar-refractivity contribution >= 4 is 34.1 Å². The van der Waals surface area contributed by atoms with Crippen molar-refractivity contribution in [3.8, 4) is 0 Å². The summed E-state index contributed by atoms with van der Waals surface area (Å²) >= 11 is 2.90. The van der Waals surface area contributed by atoms with Gasteiger partial charge in [0.15, 0.2) is 4.34 Å². The fourth-order valence-corrected chi connectivity index (χ4v) is 3.83. The molecule has 1 aromatic heterocycles. The molecule has 0 aliphatic heterocycles. The van der Waals surface area contributed by atoms with Crippen molar-refractivity contribution < 1.29 is 9.53 Å². The maximum atomic E-state index is 11.9. The van der Waals surface area contributed by atoms with Gasteiger partial charge >= 0.3 is 0 Å². The van der Waals surface area contributed by atoms with Crippen molar-refractivity contribution in [2.75, 3.05) is 31.3 Å². The third-order valence-corrected chi connectivity index (χ3v) is 5.30. The SMILES string of the molecule is COCCNc1nnc(SCC(=O)NC2CCCCC2)s1. The predicted molar refractivity (Wildman–Crippen MR) is 86.0 cm³/mol. The number of carbonyl (C=O) groups excluding carboxylic acids is 1. The Morgan fingerprint density at radius 3 is 2.95 bits per heavy atom. The highest BCUT2D eigenvalue weighted by Gasteiger charge is 2.16. The molecule has 0 spiro atoms. The Hall–Kier alpha value is -0.860. The summed E-state index contributed by atoms with van der Waals surface area (Å²) in [4.78, 5) is 11.9. The van der Waals surface area contributed by atoms with Crippen LogP contribution in [0.1, 0.15) is 32.1 Å². The van der Waals surface area contributed by atoms with Crippen molar-refractivity contribution in [1.29, 1.82) is 0 Å². The van der Waals surface area contributed by atoms with Crippen molar-refractivity contribution in [1.82, 2.24) is 15.5 Å². The topological polar surface area (TPSA) is 76.1 Å². The molecule has 0 aromatic carbocycles. The van der Waals surface area contributed by atoms with Crippen LogP contribution in [0.15, 0.2) is 4.34 Å². The molecule has 1 amide bonds. The zero-order valence-electron chi connectivity index (χ0n) is 12.3. The smallest absolute Gasteiger partial charge is 0.230 e. The molecule has 1 saturated carbocycles. The minimum atomic E-state index is 0.0935. The van der Waals surface area contributed by atoms with E-state index in [1.54, 1.807) is 7.11 Å². The second-order valence-corrected chi connectivity index (χ2v) is 7.18. The van der Waals surface area contributed by atoms with Gasteiger partial charge in [-0.2, -0.15) is 0 Å². The Labute approximate surface area is 133 Å². The number of rotatable bonds is 8. The average Bonchev–Trinajstić information content (AvgIpc) is 2.94. The molecule has 6 nitrogen and oxygen atoms in total. The summed E-state index contributed by atoms with van der Waals surface area (Å²) in [7, 11) is 1.66. The number of nitrogens with one attached hydrogen (secondary N) is 2. The number of ether oxygens (including phenoxy) is 1. The van der Waals surface area contributed by atoms with Crippen molar-refractivity contribution in [3.63, 3.8) is 0 Å². The number of carbonyl (C=O) groups is 1. The maximum absolute atomic E-state index is 11.9. The number of amides is 1. The number of hydrogen-bond acceptors (Lipinski definition) is 7. The monoisotopic (exact) mass is 330 g/mol. The lowest BCUT2D eigenvalue weighted by atomic mass is 9.95. The van der Waals surface area contributed by atoms with Gasteiger partial charge in [-0.05, 0) is 12.8 Å². The first-order chi connectivity index (χ1) is 10.3. The summed E-state index contributed by atoms with van der Waals surface area (Å²) in [6.07, 6.45) is 5.98. The quantitative estimate of drug-likeness (QED) is 0.562. The lowest BCUT2D eigenvalue weighted by Gasteiger charge is -2.22. The van der Waals surface area contributed by atoms with Gasteiger partial charge in [0.05, 0.1) is 12.4 Å². The standard InChI is InChI=1S/C13H22N4O2S2/c1-19-8-7-14-12-16-17-13(21-12)20-9-11(18)15-10-5-3-2-4-6-10/h10H,2-9H2,1H3,(H,14,16)(H,15,18). The lowest BCUT2D eigenvalue weighted by Crippen LogP contribution is -2.37. The first-order valence-corrected chi connectivity index (χ1v) is 9.06. The molecule has 0 saturated heterocycles. The molecule has 21 heavy (non-hydrogen) atoms. The zero-order chi connectivity index (χ0) is 14.9. The highest BCUT2D eigenvalue weighted by molar-refractivity contribution is 8.01. The van der Waals surface area contributed by atoms with Crippen molar-refractivity contribution in [2.24, 2.45) is 0 Å². The van der Waals surface area contributed by atoms with E-state index in [1.165, 1.54) is 42.4 Å². The minimum Gasteiger partial charge on any atom is -0.383 e. The summed E-state index contributed by atoms with van der Waals surface area (Å²) < 4.78 is 5.77. The molecule has 8 heteroatoms. The third kappa shape index (κ3) is 6.19. The van der Waals surface area contributed by atoms with Gasteiger partial charge < -0.3 is 15.4 Å². The first kappa shape index (κ1) is 16.5. The van der Waals surface area contributed by atoms with Gasteiger partial charge in [-0.1, -0.05) is 42.4 Å². The molecule has 0 bridgehead atoms. The molecule has 0 unspecified atom stereocenters. The van der Waals surface area contributed by atoms with Gasteiger partial charge in [0, 0.05) is 19.7 Å². The second-order valence-electron chi connectivity index (χ2n) is 4.98. The summed E-state index contributed by atoms with van der Waals surface area (Å²) in [6.45, 7) is 1.34. The molecule has 1 aliphatic rings. The van der Waals surface area contributed by atoms with E-state index >= 15 is 0 Å². The molecular formula is C13H22N4O2S2. The summed E-state index contributed by atoms with van der Waals surface area (Å²) in [5.74, 6) is 0.499. The number of methoxy groups -OCH3 is 1. The Kier molecular flexibility index (Phi) is 7.25. The molecule has 0 radical (unpaired) electrons. The molecular weight excluding hydrogens is 308 g/mol. The van der Waals surface area contributed by atoms with Gasteiger partial charge in [0.2, 0.25) is 11.0 Å². The molecule has 1 heterocycles. The van der Waals surface area contributed by atoms with E-state index in [1.807, 2.05) is 0 Å². The third-order valence-electron chi connectivity index (χ3n) is 3.29. The molecule has 1 aromatic rings. The van der Waals surface area contributed by atoms with E-state index < -0.39 is 0 Å². The number of anilines is 1. The van der Waals surface area contributed by atoms with Crippen LogP contribution in [0.2, 0.25) is 0 Å². The van der Waals surface area contributed by atoms with E-state index in [4.69, 9.17) is 4.74 Å². The predicted octanol–water partition coefficient (Wildman–Crippen LogP) is 2.14. The number of hydrogen-bond donors (Lipinski definition) is 2. The van der Waals surface area contributed by atoms with Crippen LogP contribution < -0.4 is 10.6 Å². The summed E-state index contributed by atoms with van der Waals surface area (Å²) in [6, 6.07) is 0.368. The van der Waals surface area contributed by atoms with Crippen LogP contribution in [0.3, 0.4) is 0 Å². The van der Waals surface area contributed by atoms with Gasteiger partial charge in [-0.15, -0.1) is 10.2 Å². The van der Waals surface area contributed by atoms with Crippen LogP contribution in [0, 0.1) is 0 Å². The van der Waals surface area contributed by atoms with Gasteiger partial charge in [-0.3, -0.25) is 4.79 Å². The maximum Gasteiger partial charge on any atom is 0.230 e. The van der Waals surface area contributed by atoms with Crippen molar-refractivity contribution in [3.05, 3.63) is 0 Å². The summed E-state index contributed by atoms with van der Waals surface area (Å²) in [5, 5.41) is 15.1. The fraction of sp³-hybridized carbons (Fsp3) is 0.769. The van der Waals surface area contributed by atoms with Crippen LogP contribution in [-0.2, 0) is 9.53 Å². The van der Waals surface area contributed by atoms with E-state index in [0.29, 0.717) is 24.9 Å². The fourth-order valence-electron chi connectivity index (χ4n) is 2.24. The molecule has 118 valence electrons. The van der Waals surface area contributed by atoms with Gasteiger partial charge in [0.1, 0.15) is 0 Å². The Morgan fingerprint density at radius 2 is 2.19 bits per heavy atom. The Balaban J connectivity index is 1.66. The number of nitrogens with zero attached hydrogens (tertiary/aromatic N) is 2. The first-order valence-electron chi connectivity index (χ1n) is 7.26.